The second kappa shape index (κ2) is 5.80. The summed E-state index contributed by atoms with van der Waals surface area (Å²) in [6.45, 7) is 7.13. The summed E-state index contributed by atoms with van der Waals surface area (Å²) in [5.41, 5.74) is 8.43. The summed E-state index contributed by atoms with van der Waals surface area (Å²) < 4.78 is 1.15. The number of nitrogens with zero attached hydrogens (tertiary/aromatic N) is 1. The van der Waals surface area contributed by atoms with Crippen molar-refractivity contribution in [3.8, 4) is 0 Å². The monoisotopic (exact) mass is 284 g/mol. The van der Waals surface area contributed by atoms with Crippen molar-refractivity contribution in [1.29, 1.82) is 0 Å². The lowest BCUT2D eigenvalue weighted by Gasteiger charge is -2.31. The van der Waals surface area contributed by atoms with Gasteiger partial charge >= 0.3 is 0 Å². The third-order valence-corrected chi connectivity index (χ3v) is 3.99. The molecule has 1 aromatic rings. The van der Waals surface area contributed by atoms with Crippen LogP contribution in [0.15, 0.2) is 22.7 Å². The minimum absolute atomic E-state index is 0.298. The number of benzene rings is 1. The van der Waals surface area contributed by atoms with Crippen LogP contribution in [-0.2, 0) is 0 Å². The molecule has 0 saturated heterocycles. The number of nitrogens with two attached hydrogens (primary N) is 1. The van der Waals surface area contributed by atoms with Gasteiger partial charge in [0.1, 0.15) is 0 Å². The van der Waals surface area contributed by atoms with Crippen LogP contribution in [0.4, 0.5) is 0 Å². The van der Waals surface area contributed by atoms with Gasteiger partial charge in [0.15, 0.2) is 0 Å². The molecule has 0 fully saturated rings. The molecule has 16 heavy (non-hydrogen) atoms. The molecule has 0 aliphatic rings. The van der Waals surface area contributed by atoms with Crippen molar-refractivity contribution < 1.29 is 0 Å². The molecule has 0 aromatic heterocycles. The first-order valence-corrected chi connectivity index (χ1v) is 6.44. The fourth-order valence-electron chi connectivity index (χ4n) is 1.77. The number of halogens is 1. The normalized spacial score (nSPS) is 13.5. The Morgan fingerprint density at radius 2 is 2.00 bits per heavy atom. The lowest BCUT2D eigenvalue weighted by Crippen LogP contribution is -2.35. The van der Waals surface area contributed by atoms with E-state index in [0.29, 0.717) is 18.6 Å². The molecule has 2 nitrogen and oxygen atoms in total. The van der Waals surface area contributed by atoms with Crippen LogP contribution in [0.3, 0.4) is 0 Å². The maximum absolute atomic E-state index is 5.88. The van der Waals surface area contributed by atoms with Crippen molar-refractivity contribution in [2.45, 2.75) is 32.9 Å². The Morgan fingerprint density at radius 1 is 1.38 bits per heavy atom. The van der Waals surface area contributed by atoms with Gasteiger partial charge in [-0.25, -0.2) is 0 Å². The standard InChI is InChI=1S/C13H21BrN2/c1-9(2)16(4)13(8-15)11-5-6-12(14)10(3)7-11/h5-7,9,13H,8,15H2,1-4H3. The SMILES string of the molecule is Cc1cc(C(CN)N(C)C(C)C)ccc1Br. The summed E-state index contributed by atoms with van der Waals surface area (Å²) in [5.74, 6) is 0. The van der Waals surface area contributed by atoms with E-state index in [0.717, 1.165) is 4.47 Å². The van der Waals surface area contributed by atoms with Gasteiger partial charge in [0, 0.05) is 23.1 Å². The smallest absolute Gasteiger partial charge is 0.0470 e. The molecule has 0 amide bonds. The zero-order chi connectivity index (χ0) is 12.3. The summed E-state index contributed by atoms with van der Waals surface area (Å²) >= 11 is 3.52. The van der Waals surface area contributed by atoms with Gasteiger partial charge in [-0.3, -0.25) is 4.90 Å². The highest BCUT2D eigenvalue weighted by Crippen LogP contribution is 2.24. The van der Waals surface area contributed by atoms with E-state index in [9.17, 15) is 0 Å². The second-order valence-electron chi connectivity index (χ2n) is 4.52. The molecule has 0 aliphatic carbocycles. The van der Waals surface area contributed by atoms with Crippen LogP contribution in [0.25, 0.3) is 0 Å². The third-order valence-electron chi connectivity index (χ3n) is 3.10. The Kier molecular flexibility index (Phi) is 4.96. The highest BCUT2D eigenvalue weighted by molar-refractivity contribution is 9.10. The third kappa shape index (κ3) is 3.06. The van der Waals surface area contributed by atoms with Crippen molar-refractivity contribution in [3.05, 3.63) is 33.8 Å². The van der Waals surface area contributed by atoms with E-state index < -0.39 is 0 Å². The van der Waals surface area contributed by atoms with E-state index in [1.165, 1.54) is 11.1 Å². The van der Waals surface area contributed by atoms with Gasteiger partial charge in [0.2, 0.25) is 0 Å². The summed E-state index contributed by atoms with van der Waals surface area (Å²) in [6.07, 6.45) is 0. The van der Waals surface area contributed by atoms with Crippen LogP contribution >= 0.6 is 15.9 Å². The van der Waals surface area contributed by atoms with E-state index in [2.05, 4.69) is 66.8 Å². The average molecular weight is 285 g/mol. The van der Waals surface area contributed by atoms with Crippen LogP contribution in [0.5, 0.6) is 0 Å². The Balaban J connectivity index is 2.99. The molecule has 90 valence electrons. The van der Waals surface area contributed by atoms with Crippen molar-refractivity contribution in [2.75, 3.05) is 13.6 Å². The first kappa shape index (κ1) is 13.7. The molecule has 1 rings (SSSR count). The van der Waals surface area contributed by atoms with E-state index >= 15 is 0 Å². The van der Waals surface area contributed by atoms with E-state index in [-0.39, 0.29) is 0 Å². The minimum atomic E-state index is 0.298. The highest BCUT2D eigenvalue weighted by Gasteiger charge is 2.17. The van der Waals surface area contributed by atoms with Crippen LogP contribution in [0.2, 0.25) is 0 Å². The van der Waals surface area contributed by atoms with Crippen LogP contribution in [0.1, 0.15) is 31.0 Å². The zero-order valence-electron chi connectivity index (χ0n) is 10.5. The molecule has 1 unspecified atom stereocenters. The molecule has 0 saturated carbocycles. The molecule has 0 bridgehead atoms. The number of hydrogen-bond acceptors (Lipinski definition) is 2. The number of likely N-dealkylation sites (N-methyl/N-ethyl adjacent to an activating group) is 1. The fourth-order valence-corrected chi connectivity index (χ4v) is 2.02. The zero-order valence-corrected chi connectivity index (χ0v) is 12.1. The van der Waals surface area contributed by atoms with Gasteiger partial charge in [-0.1, -0.05) is 28.1 Å². The Labute approximate surface area is 107 Å². The molecule has 3 heteroatoms. The molecule has 0 heterocycles. The molecular weight excluding hydrogens is 264 g/mol. The number of aryl methyl sites for hydroxylation is 1. The van der Waals surface area contributed by atoms with Gasteiger partial charge in [-0.05, 0) is 45.0 Å². The predicted molar refractivity (Wildman–Crippen MR) is 73.6 cm³/mol. The van der Waals surface area contributed by atoms with Gasteiger partial charge in [0.25, 0.3) is 0 Å². The quantitative estimate of drug-likeness (QED) is 0.921. The summed E-state index contributed by atoms with van der Waals surface area (Å²) in [6, 6.07) is 7.25. The fraction of sp³-hybridized carbons (Fsp3) is 0.538. The first-order chi connectivity index (χ1) is 7.47. The average Bonchev–Trinajstić information content (AvgIpc) is 2.24. The predicted octanol–water partition coefficient (Wildman–Crippen LogP) is 3.10. The van der Waals surface area contributed by atoms with Crippen LogP contribution in [0, 0.1) is 6.92 Å². The number of hydrogen-bond donors (Lipinski definition) is 1. The molecule has 1 aromatic carbocycles. The molecule has 0 radical (unpaired) electrons. The molecule has 1 atom stereocenters. The van der Waals surface area contributed by atoms with Crippen LogP contribution in [-0.4, -0.2) is 24.5 Å². The topological polar surface area (TPSA) is 29.3 Å². The van der Waals surface area contributed by atoms with Gasteiger partial charge in [-0.2, -0.15) is 0 Å². The van der Waals surface area contributed by atoms with Gasteiger partial charge in [0.05, 0.1) is 0 Å². The Hall–Kier alpha value is -0.380. The first-order valence-electron chi connectivity index (χ1n) is 5.65. The molecule has 0 spiro atoms. The lowest BCUT2D eigenvalue weighted by molar-refractivity contribution is 0.201. The molecule has 2 N–H and O–H groups in total. The van der Waals surface area contributed by atoms with E-state index in [1.54, 1.807) is 0 Å². The summed E-state index contributed by atoms with van der Waals surface area (Å²) in [4.78, 5) is 2.31. The van der Waals surface area contributed by atoms with Gasteiger partial charge in [-0.15, -0.1) is 0 Å². The summed E-state index contributed by atoms with van der Waals surface area (Å²) in [5, 5.41) is 0. The Bertz CT molecular complexity index is 350. The van der Waals surface area contributed by atoms with Gasteiger partial charge < -0.3 is 5.73 Å². The number of rotatable bonds is 4. The molecular formula is C13H21BrN2. The van der Waals surface area contributed by atoms with Crippen molar-refractivity contribution in [1.82, 2.24) is 4.90 Å². The van der Waals surface area contributed by atoms with E-state index in [4.69, 9.17) is 5.73 Å². The second-order valence-corrected chi connectivity index (χ2v) is 5.37. The Morgan fingerprint density at radius 3 is 2.44 bits per heavy atom. The van der Waals surface area contributed by atoms with Crippen molar-refractivity contribution in [3.63, 3.8) is 0 Å². The molecule has 0 aliphatic heterocycles. The van der Waals surface area contributed by atoms with Crippen LogP contribution < -0.4 is 5.73 Å². The van der Waals surface area contributed by atoms with Crippen molar-refractivity contribution in [2.24, 2.45) is 5.73 Å². The largest absolute Gasteiger partial charge is 0.329 e. The minimum Gasteiger partial charge on any atom is -0.329 e. The highest BCUT2D eigenvalue weighted by atomic mass is 79.9. The van der Waals surface area contributed by atoms with Crippen molar-refractivity contribution >= 4 is 15.9 Å². The maximum atomic E-state index is 5.88. The maximum Gasteiger partial charge on any atom is 0.0470 e. The lowest BCUT2D eigenvalue weighted by atomic mass is 10.0. The summed E-state index contributed by atoms with van der Waals surface area (Å²) in [7, 11) is 2.12. The van der Waals surface area contributed by atoms with E-state index in [1.807, 2.05) is 0 Å².